The second-order valence-corrected chi connectivity index (χ2v) is 4.21. The SMILES string of the molecule is COC(O)(OC)C(N)Cc1c[nH]c2ccccc12. The third-order valence-corrected chi connectivity index (χ3v) is 3.17. The quantitative estimate of drug-likeness (QED) is 0.691. The molecule has 1 atom stereocenters. The third-order valence-electron chi connectivity index (χ3n) is 3.17. The van der Waals surface area contributed by atoms with Crippen LogP contribution < -0.4 is 5.73 Å². The van der Waals surface area contributed by atoms with Crippen LogP contribution in [0.5, 0.6) is 0 Å². The van der Waals surface area contributed by atoms with Gasteiger partial charge in [-0.1, -0.05) is 18.2 Å². The standard InChI is InChI=1S/C13H18N2O3/c1-17-13(16,18-2)12(14)7-9-8-15-11-6-4-3-5-10(9)11/h3-6,8,12,15-16H,7,14H2,1-2H3. The Morgan fingerprint density at radius 2 is 2.00 bits per heavy atom. The van der Waals surface area contributed by atoms with Crippen LogP contribution in [0.15, 0.2) is 30.5 Å². The summed E-state index contributed by atoms with van der Waals surface area (Å²) in [6.07, 6.45) is 2.33. The average Bonchev–Trinajstić information content (AvgIpc) is 2.81. The second-order valence-electron chi connectivity index (χ2n) is 4.21. The zero-order valence-electron chi connectivity index (χ0n) is 10.5. The summed E-state index contributed by atoms with van der Waals surface area (Å²) in [6.45, 7) is 0. The second kappa shape index (κ2) is 5.07. The maximum absolute atomic E-state index is 9.99. The van der Waals surface area contributed by atoms with Crippen molar-refractivity contribution < 1.29 is 14.6 Å². The molecule has 18 heavy (non-hydrogen) atoms. The van der Waals surface area contributed by atoms with E-state index in [2.05, 4.69) is 4.98 Å². The minimum atomic E-state index is -1.77. The Bertz CT molecular complexity index is 520. The van der Waals surface area contributed by atoms with E-state index in [0.29, 0.717) is 6.42 Å². The van der Waals surface area contributed by atoms with Crippen molar-refractivity contribution >= 4 is 10.9 Å². The number of hydrogen-bond donors (Lipinski definition) is 3. The normalized spacial score (nSPS) is 14.0. The molecule has 4 N–H and O–H groups in total. The Balaban J connectivity index is 2.24. The van der Waals surface area contributed by atoms with E-state index in [4.69, 9.17) is 15.2 Å². The monoisotopic (exact) mass is 250 g/mol. The van der Waals surface area contributed by atoms with Crippen LogP contribution in [0, 0.1) is 0 Å². The van der Waals surface area contributed by atoms with Gasteiger partial charge in [0, 0.05) is 31.3 Å². The first kappa shape index (κ1) is 13.0. The van der Waals surface area contributed by atoms with Gasteiger partial charge < -0.3 is 25.3 Å². The number of benzene rings is 1. The van der Waals surface area contributed by atoms with Crippen LogP contribution in [0.3, 0.4) is 0 Å². The highest BCUT2D eigenvalue weighted by molar-refractivity contribution is 5.83. The largest absolute Gasteiger partial charge is 0.361 e. The van der Waals surface area contributed by atoms with Crippen molar-refractivity contribution in [2.24, 2.45) is 5.73 Å². The topological polar surface area (TPSA) is 80.5 Å². The van der Waals surface area contributed by atoms with Gasteiger partial charge in [-0.25, -0.2) is 0 Å². The first-order valence-corrected chi connectivity index (χ1v) is 5.74. The molecule has 2 rings (SSSR count). The maximum Gasteiger partial charge on any atom is 0.296 e. The Labute approximate surface area is 106 Å². The number of aliphatic hydroxyl groups is 1. The fourth-order valence-corrected chi connectivity index (χ4v) is 2.05. The van der Waals surface area contributed by atoms with Crippen molar-refractivity contribution in [1.82, 2.24) is 4.98 Å². The number of hydrogen-bond acceptors (Lipinski definition) is 4. The minimum Gasteiger partial charge on any atom is -0.361 e. The molecule has 0 spiro atoms. The number of para-hydroxylation sites is 1. The van der Waals surface area contributed by atoms with Gasteiger partial charge in [0.25, 0.3) is 5.97 Å². The molecule has 0 aliphatic carbocycles. The molecule has 5 heteroatoms. The molecule has 0 aliphatic rings. The van der Waals surface area contributed by atoms with Crippen LogP contribution in [0.1, 0.15) is 5.56 Å². The molecule has 2 aromatic rings. The van der Waals surface area contributed by atoms with Crippen LogP contribution in [0.2, 0.25) is 0 Å². The molecule has 0 amide bonds. The van der Waals surface area contributed by atoms with Gasteiger partial charge in [-0.2, -0.15) is 0 Å². The highest BCUT2D eigenvalue weighted by Gasteiger charge is 2.35. The van der Waals surface area contributed by atoms with Gasteiger partial charge in [0.05, 0.1) is 6.04 Å². The summed E-state index contributed by atoms with van der Waals surface area (Å²) in [4.78, 5) is 3.16. The lowest BCUT2D eigenvalue weighted by Crippen LogP contribution is -2.52. The van der Waals surface area contributed by atoms with E-state index >= 15 is 0 Å². The van der Waals surface area contributed by atoms with Gasteiger partial charge >= 0.3 is 0 Å². The predicted octanol–water partition coefficient (Wildman–Crippen LogP) is 0.977. The maximum atomic E-state index is 9.99. The fourth-order valence-electron chi connectivity index (χ4n) is 2.05. The van der Waals surface area contributed by atoms with Gasteiger partial charge in [0.2, 0.25) is 0 Å². The molecule has 1 aromatic carbocycles. The van der Waals surface area contributed by atoms with Gasteiger partial charge in [-0.3, -0.25) is 0 Å². The zero-order valence-corrected chi connectivity index (χ0v) is 10.5. The molecule has 0 bridgehead atoms. The summed E-state index contributed by atoms with van der Waals surface area (Å²) in [5.74, 6) is -1.77. The Hall–Kier alpha value is -1.40. The summed E-state index contributed by atoms with van der Waals surface area (Å²) in [5.41, 5.74) is 8.00. The molecule has 0 saturated carbocycles. The van der Waals surface area contributed by atoms with E-state index in [1.165, 1.54) is 14.2 Å². The van der Waals surface area contributed by atoms with Crippen LogP contribution in [-0.2, 0) is 15.9 Å². The van der Waals surface area contributed by atoms with E-state index in [1.807, 2.05) is 30.5 Å². The molecule has 1 aromatic heterocycles. The summed E-state index contributed by atoms with van der Waals surface area (Å²) in [5, 5.41) is 11.1. The number of ether oxygens (including phenoxy) is 2. The molecule has 0 radical (unpaired) electrons. The van der Waals surface area contributed by atoms with Crippen LogP contribution in [0.25, 0.3) is 10.9 Å². The minimum absolute atomic E-state index is 0.447. The molecule has 98 valence electrons. The Morgan fingerprint density at radius 1 is 1.33 bits per heavy atom. The highest BCUT2D eigenvalue weighted by Crippen LogP contribution is 2.22. The molecule has 1 heterocycles. The van der Waals surface area contributed by atoms with Crippen molar-refractivity contribution in [3.8, 4) is 0 Å². The number of nitrogens with one attached hydrogen (secondary N) is 1. The van der Waals surface area contributed by atoms with Gasteiger partial charge in [-0.05, 0) is 18.1 Å². The first-order chi connectivity index (χ1) is 8.60. The molecule has 0 fully saturated rings. The number of methoxy groups -OCH3 is 2. The van der Waals surface area contributed by atoms with Crippen LogP contribution >= 0.6 is 0 Å². The predicted molar refractivity (Wildman–Crippen MR) is 68.9 cm³/mol. The number of aromatic nitrogens is 1. The zero-order chi connectivity index (χ0) is 13.2. The van der Waals surface area contributed by atoms with E-state index < -0.39 is 12.0 Å². The lowest BCUT2D eigenvalue weighted by molar-refractivity contribution is -0.349. The Kier molecular flexibility index (Phi) is 3.68. The van der Waals surface area contributed by atoms with Crippen LogP contribution in [0.4, 0.5) is 0 Å². The van der Waals surface area contributed by atoms with Crippen molar-refractivity contribution in [1.29, 1.82) is 0 Å². The average molecular weight is 250 g/mol. The number of fused-ring (bicyclic) bond motifs is 1. The van der Waals surface area contributed by atoms with Gasteiger partial charge in [0.15, 0.2) is 0 Å². The molecule has 1 unspecified atom stereocenters. The van der Waals surface area contributed by atoms with Gasteiger partial charge in [0.1, 0.15) is 0 Å². The van der Waals surface area contributed by atoms with E-state index in [1.54, 1.807) is 0 Å². The van der Waals surface area contributed by atoms with E-state index in [9.17, 15) is 5.11 Å². The molecule has 5 nitrogen and oxygen atoms in total. The van der Waals surface area contributed by atoms with E-state index in [0.717, 1.165) is 16.5 Å². The Morgan fingerprint density at radius 3 is 2.67 bits per heavy atom. The summed E-state index contributed by atoms with van der Waals surface area (Å²) < 4.78 is 9.82. The molecule has 0 aliphatic heterocycles. The summed E-state index contributed by atoms with van der Waals surface area (Å²) in [7, 11) is 2.72. The van der Waals surface area contributed by atoms with Crippen molar-refractivity contribution in [3.05, 3.63) is 36.0 Å². The molecular formula is C13H18N2O3. The number of rotatable bonds is 5. The molecule has 0 saturated heterocycles. The van der Waals surface area contributed by atoms with Crippen molar-refractivity contribution in [3.63, 3.8) is 0 Å². The lowest BCUT2D eigenvalue weighted by Gasteiger charge is -2.30. The smallest absolute Gasteiger partial charge is 0.296 e. The molecular weight excluding hydrogens is 232 g/mol. The van der Waals surface area contributed by atoms with Crippen LogP contribution in [-0.4, -0.2) is 36.3 Å². The fraction of sp³-hybridized carbons (Fsp3) is 0.385. The van der Waals surface area contributed by atoms with Crippen molar-refractivity contribution in [2.75, 3.05) is 14.2 Å². The lowest BCUT2D eigenvalue weighted by atomic mass is 10.0. The number of nitrogens with two attached hydrogens (primary N) is 1. The van der Waals surface area contributed by atoms with E-state index in [-0.39, 0.29) is 0 Å². The summed E-state index contributed by atoms with van der Waals surface area (Å²) in [6, 6.07) is 7.25. The summed E-state index contributed by atoms with van der Waals surface area (Å²) >= 11 is 0. The first-order valence-electron chi connectivity index (χ1n) is 5.74. The number of H-pyrrole nitrogens is 1. The van der Waals surface area contributed by atoms with Gasteiger partial charge in [-0.15, -0.1) is 0 Å². The highest BCUT2D eigenvalue weighted by atomic mass is 16.8. The number of aromatic amines is 1. The third kappa shape index (κ3) is 2.26. The van der Waals surface area contributed by atoms with Crippen molar-refractivity contribution in [2.45, 2.75) is 18.4 Å².